The lowest BCUT2D eigenvalue weighted by Crippen LogP contribution is -2.78. The predicted octanol–water partition coefficient (Wildman–Crippen LogP) is 5.51. The van der Waals surface area contributed by atoms with E-state index in [1.165, 1.54) is 56.1 Å². The van der Waals surface area contributed by atoms with Gasteiger partial charge >= 0.3 is 0 Å². The second-order valence-corrected chi connectivity index (χ2v) is 12.5. The van der Waals surface area contributed by atoms with E-state index in [4.69, 9.17) is 9.47 Å². The van der Waals surface area contributed by atoms with E-state index in [1.807, 2.05) is 0 Å². The molecule has 2 unspecified atom stereocenters. The van der Waals surface area contributed by atoms with E-state index in [9.17, 15) is 0 Å². The van der Waals surface area contributed by atoms with E-state index in [0.29, 0.717) is 12.2 Å². The zero-order valence-corrected chi connectivity index (χ0v) is 18.6. The monoisotopic (exact) mass is 395 g/mol. The Morgan fingerprint density at radius 1 is 1.00 bits per heavy atom. The molecule has 0 radical (unpaired) electrons. The SMILES string of the molecule is CC(C)(C)CC12NCC1(C)c1cc(OCOC34CC5CC(CC(C5)C3)C4)ccc12. The van der Waals surface area contributed by atoms with Gasteiger partial charge in [-0.05, 0) is 91.4 Å². The molecule has 0 spiro atoms. The van der Waals surface area contributed by atoms with Crippen molar-refractivity contribution >= 4 is 0 Å². The average Bonchev–Trinajstić information content (AvgIpc) is 2.63. The highest BCUT2D eigenvalue weighted by molar-refractivity contribution is 5.60. The minimum atomic E-state index is 0.125. The van der Waals surface area contributed by atoms with Gasteiger partial charge in [0.1, 0.15) is 5.75 Å². The molecule has 7 rings (SSSR count). The van der Waals surface area contributed by atoms with Crippen molar-refractivity contribution in [2.24, 2.45) is 23.2 Å². The van der Waals surface area contributed by atoms with Crippen LogP contribution in [0.3, 0.4) is 0 Å². The number of hydrogen-bond acceptors (Lipinski definition) is 3. The Hall–Kier alpha value is -1.06. The molecule has 1 aromatic rings. The predicted molar refractivity (Wildman–Crippen MR) is 115 cm³/mol. The van der Waals surface area contributed by atoms with E-state index < -0.39 is 0 Å². The Morgan fingerprint density at radius 3 is 2.21 bits per heavy atom. The van der Waals surface area contributed by atoms with E-state index in [1.54, 1.807) is 0 Å². The summed E-state index contributed by atoms with van der Waals surface area (Å²) < 4.78 is 12.6. The molecule has 29 heavy (non-hydrogen) atoms. The van der Waals surface area contributed by atoms with Crippen LogP contribution in [-0.2, 0) is 15.7 Å². The Balaban J connectivity index is 1.14. The Bertz CT molecular complexity index is 804. The summed E-state index contributed by atoms with van der Waals surface area (Å²) in [5.74, 6) is 3.73. The van der Waals surface area contributed by atoms with Crippen molar-refractivity contribution in [1.29, 1.82) is 0 Å². The standard InChI is InChI=1S/C26H37NO2/c1-23(2,3)14-26-21-6-5-20(10-22(21)24(26,4)15-27-26)28-16-29-25-11-17-7-18(12-25)9-19(8-17)13-25/h5-6,10,17-19,27H,7-9,11-16H2,1-4H3. The second-order valence-electron chi connectivity index (χ2n) is 12.5. The van der Waals surface area contributed by atoms with Gasteiger partial charge in [0.25, 0.3) is 0 Å². The molecular weight excluding hydrogens is 358 g/mol. The van der Waals surface area contributed by atoms with Gasteiger partial charge in [-0.2, -0.15) is 0 Å². The fraction of sp³-hybridized carbons (Fsp3) is 0.769. The Labute approximate surface area is 175 Å². The zero-order valence-electron chi connectivity index (χ0n) is 18.6. The van der Waals surface area contributed by atoms with Crippen LogP contribution in [0.4, 0.5) is 0 Å². The minimum absolute atomic E-state index is 0.125. The first-order valence-electron chi connectivity index (χ1n) is 11.9. The first-order valence-corrected chi connectivity index (χ1v) is 11.9. The van der Waals surface area contributed by atoms with Crippen LogP contribution < -0.4 is 10.1 Å². The molecule has 2 atom stereocenters. The highest BCUT2D eigenvalue weighted by Crippen LogP contribution is 2.64. The van der Waals surface area contributed by atoms with Gasteiger partial charge in [-0.1, -0.05) is 33.8 Å². The summed E-state index contributed by atoms with van der Waals surface area (Å²) in [6.45, 7) is 10.9. The number of nitrogens with one attached hydrogen (secondary N) is 1. The molecule has 4 saturated carbocycles. The first-order chi connectivity index (χ1) is 13.7. The molecule has 3 heteroatoms. The molecule has 1 aromatic carbocycles. The number of hydrogen-bond donors (Lipinski definition) is 1. The van der Waals surface area contributed by atoms with E-state index in [2.05, 4.69) is 51.2 Å². The smallest absolute Gasteiger partial charge is 0.189 e. The average molecular weight is 396 g/mol. The summed E-state index contributed by atoms with van der Waals surface area (Å²) in [6, 6.07) is 6.75. The quantitative estimate of drug-likeness (QED) is 0.667. The highest BCUT2D eigenvalue weighted by atomic mass is 16.7. The largest absolute Gasteiger partial charge is 0.468 e. The molecule has 3 nitrogen and oxygen atoms in total. The van der Waals surface area contributed by atoms with E-state index in [0.717, 1.165) is 30.0 Å². The van der Waals surface area contributed by atoms with Gasteiger partial charge < -0.3 is 14.8 Å². The molecule has 1 aliphatic heterocycles. The summed E-state index contributed by atoms with van der Waals surface area (Å²) in [5.41, 5.74) is 3.81. The Morgan fingerprint density at radius 2 is 1.66 bits per heavy atom. The van der Waals surface area contributed by atoms with Crippen LogP contribution in [0.5, 0.6) is 5.75 Å². The van der Waals surface area contributed by atoms with Crippen molar-refractivity contribution in [3.05, 3.63) is 29.3 Å². The number of ether oxygens (including phenoxy) is 2. The summed E-state index contributed by atoms with van der Waals surface area (Å²) in [4.78, 5) is 0. The van der Waals surface area contributed by atoms with Crippen molar-refractivity contribution in [2.45, 2.75) is 89.2 Å². The fourth-order valence-corrected chi connectivity index (χ4v) is 8.24. The van der Waals surface area contributed by atoms with Crippen molar-refractivity contribution in [1.82, 2.24) is 5.32 Å². The van der Waals surface area contributed by atoms with Crippen LogP contribution in [0.1, 0.15) is 83.8 Å². The molecule has 5 aliphatic carbocycles. The molecule has 5 fully saturated rings. The zero-order chi connectivity index (χ0) is 20.1. The van der Waals surface area contributed by atoms with Crippen LogP contribution in [0, 0.1) is 23.2 Å². The number of fused-ring (bicyclic) bond motifs is 4. The maximum absolute atomic E-state index is 6.47. The second kappa shape index (κ2) is 5.79. The lowest BCUT2D eigenvalue weighted by molar-refractivity contribution is -0.190. The van der Waals surface area contributed by atoms with Crippen LogP contribution in [0.15, 0.2) is 18.2 Å². The van der Waals surface area contributed by atoms with Crippen molar-refractivity contribution in [2.75, 3.05) is 13.3 Å². The number of rotatable bonds is 5. The topological polar surface area (TPSA) is 30.5 Å². The van der Waals surface area contributed by atoms with Crippen LogP contribution >= 0.6 is 0 Å². The molecule has 1 saturated heterocycles. The van der Waals surface area contributed by atoms with Gasteiger partial charge in [-0.3, -0.25) is 0 Å². The van der Waals surface area contributed by atoms with Gasteiger partial charge in [0.2, 0.25) is 0 Å². The normalized spacial score (nSPS) is 43.9. The van der Waals surface area contributed by atoms with Gasteiger partial charge in [0, 0.05) is 12.0 Å². The van der Waals surface area contributed by atoms with Gasteiger partial charge in [-0.25, -0.2) is 0 Å². The van der Waals surface area contributed by atoms with Crippen LogP contribution in [0.25, 0.3) is 0 Å². The van der Waals surface area contributed by atoms with Crippen molar-refractivity contribution in [3.8, 4) is 5.75 Å². The summed E-state index contributed by atoms with van der Waals surface area (Å²) in [5, 5.41) is 3.78. The molecule has 158 valence electrons. The summed E-state index contributed by atoms with van der Waals surface area (Å²) in [7, 11) is 0. The maximum atomic E-state index is 6.47. The Kier molecular flexibility index (Phi) is 3.73. The lowest BCUT2D eigenvalue weighted by atomic mass is 9.44. The molecule has 0 aromatic heterocycles. The molecule has 1 N–H and O–H groups in total. The number of benzene rings is 1. The van der Waals surface area contributed by atoms with E-state index >= 15 is 0 Å². The highest BCUT2D eigenvalue weighted by Gasteiger charge is 2.67. The van der Waals surface area contributed by atoms with Crippen LogP contribution in [-0.4, -0.2) is 18.9 Å². The van der Waals surface area contributed by atoms with Crippen molar-refractivity contribution < 1.29 is 9.47 Å². The first kappa shape index (κ1) is 18.7. The molecule has 1 heterocycles. The summed E-state index contributed by atoms with van der Waals surface area (Å²) in [6.07, 6.45) is 9.35. The third-order valence-electron chi connectivity index (χ3n) is 9.10. The molecule has 6 aliphatic rings. The minimum Gasteiger partial charge on any atom is -0.468 e. The van der Waals surface area contributed by atoms with E-state index in [-0.39, 0.29) is 16.6 Å². The van der Waals surface area contributed by atoms with Gasteiger partial charge in [-0.15, -0.1) is 0 Å². The summed E-state index contributed by atoms with van der Waals surface area (Å²) >= 11 is 0. The van der Waals surface area contributed by atoms with Crippen LogP contribution in [0.2, 0.25) is 0 Å². The fourth-order valence-electron chi connectivity index (χ4n) is 8.24. The van der Waals surface area contributed by atoms with Gasteiger partial charge in [0.15, 0.2) is 6.79 Å². The third kappa shape index (κ3) is 2.62. The van der Waals surface area contributed by atoms with Crippen molar-refractivity contribution in [3.63, 3.8) is 0 Å². The molecule has 4 bridgehead atoms. The van der Waals surface area contributed by atoms with Gasteiger partial charge in [0.05, 0.1) is 11.1 Å². The lowest BCUT2D eigenvalue weighted by Gasteiger charge is -2.69. The maximum Gasteiger partial charge on any atom is 0.189 e. The third-order valence-corrected chi connectivity index (χ3v) is 9.10. The molecular formula is C26H37NO2. The molecule has 0 amide bonds.